The minimum Gasteiger partial charge on any atom is -0.507 e. The van der Waals surface area contributed by atoms with Gasteiger partial charge in [-0.15, -0.1) is 0 Å². The third-order valence-electron chi connectivity index (χ3n) is 6.88. The molecule has 4 aromatic rings. The number of ether oxygens (including phenoxy) is 2. The largest absolute Gasteiger partial charge is 0.507 e. The predicted molar refractivity (Wildman–Crippen MR) is 131 cm³/mol. The lowest BCUT2D eigenvalue weighted by atomic mass is 9.90. The Kier molecular flexibility index (Phi) is 5.34. The van der Waals surface area contributed by atoms with Gasteiger partial charge < -0.3 is 23.7 Å². The Morgan fingerprint density at radius 1 is 1.06 bits per heavy atom. The van der Waals surface area contributed by atoms with Crippen molar-refractivity contribution in [1.82, 2.24) is 14.7 Å². The highest BCUT2D eigenvalue weighted by Crippen LogP contribution is 2.52. The zero-order valence-electron chi connectivity index (χ0n) is 20.9. The maximum absolute atomic E-state index is 15.7. The molecule has 1 N–H and O–H groups in total. The first-order valence-corrected chi connectivity index (χ1v) is 11.5. The van der Waals surface area contributed by atoms with E-state index < -0.39 is 5.82 Å². The summed E-state index contributed by atoms with van der Waals surface area (Å²) in [6.07, 6.45) is 0.486. The summed E-state index contributed by atoms with van der Waals surface area (Å²) >= 11 is 0. The van der Waals surface area contributed by atoms with Crippen LogP contribution in [0.5, 0.6) is 17.2 Å². The van der Waals surface area contributed by atoms with Gasteiger partial charge in [0.25, 0.3) is 5.89 Å². The molecule has 3 heterocycles. The molecule has 35 heavy (non-hydrogen) atoms. The van der Waals surface area contributed by atoms with Gasteiger partial charge in [0, 0.05) is 28.4 Å². The normalized spacial score (nSPS) is 14.6. The molecule has 0 radical (unpaired) electrons. The molecule has 0 amide bonds. The number of phenolic OH excluding ortho intramolecular Hbond substituents is 1. The molecule has 0 fully saturated rings. The van der Waals surface area contributed by atoms with Crippen molar-refractivity contribution in [3.8, 4) is 51.1 Å². The van der Waals surface area contributed by atoms with Crippen molar-refractivity contribution in [1.29, 1.82) is 0 Å². The van der Waals surface area contributed by atoms with Crippen LogP contribution in [0.4, 0.5) is 4.39 Å². The van der Waals surface area contributed by atoms with Gasteiger partial charge in [-0.05, 0) is 75.9 Å². The molecule has 182 valence electrons. The van der Waals surface area contributed by atoms with Gasteiger partial charge in [-0.25, -0.2) is 4.39 Å². The second-order valence-corrected chi connectivity index (χ2v) is 9.16. The van der Waals surface area contributed by atoms with E-state index in [-0.39, 0.29) is 17.5 Å². The number of fused-ring (bicyclic) bond motifs is 3. The Morgan fingerprint density at radius 2 is 1.74 bits per heavy atom. The minimum atomic E-state index is -0.427. The molecular weight excluding hydrogens is 449 g/mol. The first kappa shape index (κ1) is 23.0. The van der Waals surface area contributed by atoms with Crippen LogP contribution in [0.1, 0.15) is 41.2 Å². The molecule has 2 aromatic carbocycles. The smallest absolute Gasteiger partial charge is 0.260 e. The molecular formula is C27H28FN3O4. The van der Waals surface area contributed by atoms with Crippen molar-refractivity contribution in [3.05, 3.63) is 52.2 Å². The fourth-order valence-electron chi connectivity index (χ4n) is 5.37. The number of halogens is 1. The van der Waals surface area contributed by atoms with Crippen LogP contribution in [0.15, 0.2) is 22.7 Å². The summed E-state index contributed by atoms with van der Waals surface area (Å²) in [6.45, 7) is 9.62. The molecule has 1 aliphatic rings. The second-order valence-electron chi connectivity index (χ2n) is 9.16. The molecule has 0 spiro atoms. The Balaban J connectivity index is 1.93. The van der Waals surface area contributed by atoms with Crippen molar-refractivity contribution in [2.24, 2.45) is 0 Å². The molecule has 8 heteroatoms. The first-order chi connectivity index (χ1) is 16.7. The van der Waals surface area contributed by atoms with E-state index in [0.29, 0.717) is 35.0 Å². The number of aryl methyl sites for hydroxylation is 3. The number of hydrogen-bond acceptors (Lipinski definition) is 6. The van der Waals surface area contributed by atoms with E-state index in [1.54, 1.807) is 6.92 Å². The zero-order valence-corrected chi connectivity index (χ0v) is 20.9. The lowest BCUT2D eigenvalue weighted by Gasteiger charge is -2.29. The molecule has 1 unspecified atom stereocenters. The minimum absolute atomic E-state index is 0.0408. The van der Waals surface area contributed by atoms with E-state index in [4.69, 9.17) is 14.0 Å². The quantitative estimate of drug-likeness (QED) is 0.383. The zero-order chi connectivity index (χ0) is 25.2. The Morgan fingerprint density at radius 3 is 2.31 bits per heavy atom. The van der Waals surface area contributed by atoms with Crippen LogP contribution >= 0.6 is 0 Å². The van der Waals surface area contributed by atoms with Crippen molar-refractivity contribution in [2.75, 3.05) is 14.2 Å². The predicted octanol–water partition coefficient (Wildman–Crippen LogP) is 6.08. The number of nitrogens with zero attached hydrogens (tertiary/aromatic N) is 3. The molecule has 0 saturated heterocycles. The van der Waals surface area contributed by atoms with Crippen LogP contribution in [0.2, 0.25) is 0 Å². The lowest BCUT2D eigenvalue weighted by molar-refractivity contribution is 0.334. The summed E-state index contributed by atoms with van der Waals surface area (Å²) in [7, 11) is 2.93. The van der Waals surface area contributed by atoms with Gasteiger partial charge >= 0.3 is 0 Å². The van der Waals surface area contributed by atoms with E-state index in [2.05, 4.69) is 21.6 Å². The third-order valence-corrected chi connectivity index (χ3v) is 6.88. The maximum atomic E-state index is 15.7. The van der Waals surface area contributed by atoms with Gasteiger partial charge in [0.15, 0.2) is 23.1 Å². The average molecular weight is 478 g/mol. The van der Waals surface area contributed by atoms with Crippen molar-refractivity contribution in [3.63, 3.8) is 0 Å². The van der Waals surface area contributed by atoms with Crippen LogP contribution in [0, 0.1) is 33.5 Å². The van der Waals surface area contributed by atoms with E-state index in [0.717, 1.165) is 39.2 Å². The van der Waals surface area contributed by atoms with Gasteiger partial charge in [-0.1, -0.05) is 5.16 Å². The third kappa shape index (κ3) is 3.31. The average Bonchev–Trinajstić information content (AvgIpc) is 3.38. The topological polar surface area (TPSA) is 82.5 Å². The van der Waals surface area contributed by atoms with Gasteiger partial charge in [-0.3, -0.25) is 0 Å². The number of phenols is 1. The summed E-state index contributed by atoms with van der Waals surface area (Å²) in [5.41, 5.74) is 7.12. The summed E-state index contributed by atoms with van der Waals surface area (Å²) < 4.78 is 34.4. The fourth-order valence-corrected chi connectivity index (χ4v) is 5.37. The van der Waals surface area contributed by atoms with Crippen LogP contribution in [-0.2, 0) is 6.42 Å². The summed E-state index contributed by atoms with van der Waals surface area (Å²) in [5, 5.41) is 14.4. The summed E-state index contributed by atoms with van der Waals surface area (Å²) in [6, 6.07) is 5.67. The summed E-state index contributed by atoms with van der Waals surface area (Å²) in [4.78, 5) is 4.56. The first-order valence-electron chi connectivity index (χ1n) is 11.5. The highest BCUT2D eigenvalue weighted by atomic mass is 19.1. The molecule has 0 saturated carbocycles. The fraction of sp³-hybridized carbons (Fsp3) is 0.333. The van der Waals surface area contributed by atoms with Crippen molar-refractivity contribution < 1.29 is 23.5 Å². The number of aromatic nitrogens is 3. The number of rotatable bonds is 4. The monoisotopic (exact) mass is 477 g/mol. The number of aromatic hydroxyl groups is 1. The molecule has 1 aliphatic heterocycles. The van der Waals surface area contributed by atoms with Crippen LogP contribution in [-0.4, -0.2) is 34.0 Å². The standard InChI is InChI=1S/C27H28FN3O4/c1-12-8-17(9-13(2)25(12)32)21-15(4)31-14(3)10-18-19(11-20(33-6)26(34-7)23(18)28)24(31)22(21)27-29-16(5)30-35-27/h8-9,11,14,32H,10H2,1-7H3. The van der Waals surface area contributed by atoms with Gasteiger partial charge in [0.05, 0.1) is 25.5 Å². The molecule has 0 bridgehead atoms. The van der Waals surface area contributed by atoms with E-state index in [9.17, 15) is 5.11 Å². The molecule has 5 rings (SSSR count). The Bertz CT molecular complexity index is 1460. The Hall–Kier alpha value is -3.81. The summed E-state index contributed by atoms with van der Waals surface area (Å²) in [5.74, 6) is 1.11. The number of methoxy groups -OCH3 is 2. The van der Waals surface area contributed by atoms with E-state index >= 15 is 4.39 Å². The molecule has 7 nitrogen and oxygen atoms in total. The second kappa shape index (κ2) is 8.15. The highest BCUT2D eigenvalue weighted by molar-refractivity contribution is 5.95. The number of hydrogen-bond donors (Lipinski definition) is 1. The Labute approximate surface area is 203 Å². The van der Waals surface area contributed by atoms with Crippen LogP contribution < -0.4 is 9.47 Å². The van der Waals surface area contributed by atoms with Gasteiger partial charge in [-0.2, -0.15) is 4.98 Å². The van der Waals surface area contributed by atoms with E-state index in [1.807, 2.05) is 39.0 Å². The van der Waals surface area contributed by atoms with Gasteiger partial charge in [0.2, 0.25) is 0 Å². The highest BCUT2D eigenvalue weighted by Gasteiger charge is 2.36. The maximum Gasteiger partial charge on any atom is 0.260 e. The van der Waals surface area contributed by atoms with E-state index in [1.165, 1.54) is 14.2 Å². The lowest BCUT2D eigenvalue weighted by Crippen LogP contribution is -2.19. The molecule has 0 aliphatic carbocycles. The number of benzene rings is 2. The van der Waals surface area contributed by atoms with Crippen molar-refractivity contribution >= 4 is 0 Å². The van der Waals surface area contributed by atoms with Gasteiger partial charge in [0.1, 0.15) is 5.75 Å². The molecule has 1 atom stereocenters. The van der Waals surface area contributed by atoms with Crippen molar-refractivity contribution in [2.45, 2.75) is 47.1 Å². The van der Waals surface area contributed by atoms with Crippen LogP contribution in [0.3, 0.4) is 0 Å². The molecule has 2 aromatic heterocycles. The SMILES string of the molecule is COc1cc2c(c(F)c1OC)CC(C)n1c(C)c(-c3cc(C)c(O)c(C)c3)c(-c3nc(C)no3)c1-2. The van der Waals surface area contributed by atoms with Crippen LogP contribution in [0.25, 0.3) is 33.8 Å².